The summed E-state index contributed by atoms with van der Waals surface area (Å²) < 4.78 is 5.88. The summed E-state index contributed by atoms with van der Waals surface area (Å²) in [5, 5.41) is 5.22. The summed E-state index contributed by atoms with van der Waals surface area (Å²) in [6.07, 6.45) is 2.76. The molecule has 0 amide bonds. The standard InChI is InChI=1S/C26H33N5O2.ClH/c1-4-30(5-2)16-18-32-23-13-11-22(12-14-23)28-26-27-19-20(3)25(29-26)31-24(15-17-33-31)21-9-7-6-8-10-21;/h6-14,19,24H,4-5,15-18H2,1-3H3,(H,27,28,29);1H/t24-;/m0./s1. The fourth-order valence-electron chi connectivity index (χ4n) is 3.97. The number of likely N-dealkylation sites (N-methyl/N-ethyl adjacent to an activating group) is 1. The largest absolute Gasteiger partial charge is 0.492 e. The lowest BCUT2D eigenvalue weighted by molar-refractivity contribution is 0.156. The lowest BCUT2D eigenvalue weighted by Gasteiger charge is -2.25. The predicted octanol–water partition coefficient (Wildman–Crippen LogP) is 5.55. The van der Waals surface area contributed by atoms with Gasteiger partial charge in [-0.3, -0.25) is 4.84 Å². The van der Waals surface area contributed by atoms with Gasteiger partial charge in [0.15, 0.2) is 5.82 Å². The van der Waals surface area contributed by atoms with Crippen LogP contribution < -0.4 is 15.1 Å². The Morgan fingerprint density at radius 3 is 2.53 bits per heavy atom. The molecule has 0 saturated carbocycles. The quantitative estimate of drug-likeness (QED) is 0.405. The van der Waals surface area contributed by atoms with Crippen LogP contribution in [0.1, 0.15) is 37.4 Å². The number of aryl methyl sites for hydroxylation is 1. The number of hydrogen-bond donors (Lipinski definition) is 1. The molecule has 182 valence electrons. The lowest BCUT2D eigenvalue weighted by Crippen LogP contribution is -2.27. The number of hydrogen-bond acceptors (Lipinski definition) is 7. The van der Waals surface area contributed by atoms with Gasteiger partial charge in [0.05, 0.1) is 12.6 Å². The second-order valence-corrected chi connectivity index (χ2v) is 8.10. The summed E-state index contributed by atoms with van der Waals surface area (Å²) in [5.74, 6) is 2.18. The highest BCUT2D eigenvalue weighted by atomic mass is 35.5. The van der Waals surface area contributed by atoms with Gasteiger partial charge in [0, 0.05) is 30.4 Å². The molecular weight excluding hydrogens is 450 g/mol. The molecule has 0 unspecified atom stereocenters. The molecule has 1 aliphatic heterocycles. The maximum absolute atomic E-state index is 5.97. The van der Waals surface area contributed by atoms with Crippen molar-refractivity contribution in [3.63, 3.8) is 0 Å². The van der Waals surface area contributed by atoms with Crippen molar-refractivity contribution in [2.45, 2.75) is 33.2 Å². The van der Waals surface area contributed by atoms with Crippen LogP contribution in [0.25, 0.3) is 0 Å². The minimum atomic E-state index is 0. The van der Waals surface area contributed by atoms with Crippen molar-refractivity contribution in [1.82, 2.24) is 14.9 Å². The van der Waals surface area contributed by atoms with Crippen molar-refractivity contribution in [2.75, 3.05) is 43.2 Å². The van der Waals surface area contributed by atoms with Crippen LogP contribution in [0.4, 0.5) is 17.5 Å². The Kier molecular flexibility index (Phi) is 9.51. The zero-order valence-electron chi connectivity index (χ0n) is 20.1. The van der Waals surface area contributed by atoms with Crippen LogP contribution in [0.15, 0.2) is 60.8 Å². The molecule has 2 aromatic carbocycles. The second-order valence-electron chi connectivity index (χ2n) is 8.10. The first-order valence-electron chi connectivity index (χ1n) is 11.7. The Morgan fingerprint density at radius 2 is 1.82 bits per heavy atom. The molecule has 1 fully saturated rings. The summed E-state index contributed by atoms with van der Waals surface area (Å²) in [5.41, 5.74) is 3.10. The van der Waals surface area contributed by atoms with Gasteiger partial charge in [0.25, 0.3) is 0 Å². The van der Waals surface area contributed by atoms with Crippen LogP contribution in [-0.4, -0.2) is 47.7 Å². The monoisotopic (exact) mass is 483 g/mol. The van der Waals surface area contributed by atoms with Gasteiger partial charge in [0.2, 0.25) is 5.95 Å². The highest BCUT2D eigenvalue weighted by Gasteiger charge is 2.30. The Bertz CT molecular complexity index is 1020. The van der Waals surface area contributed by atoms with E-state index in [1.165, 1.54) is 5.56 Å². The Balaban J connectivity index is 0.00000324. The number of hydroxylamine groups is 1. The average Bonchev–Trinajstić information content (AvgIpc) is 3.34. The summed E-state index contributed by atoms with van der Waals surface area (Å²) in [4.78, 5) is 17.6. The van der Waals surface area contributed by atoms with Crippen molar-refractivity contribution in [2.24, 2.45) is 0 Å². The van der Waals surface area contributed by atoms with E-state index in [-0.39, 0.29) is 18.4 Å². The molecular formula is C26H34ClN5O2. The van der Waals surface area contributed by atoms with Crippen molar-refractivity contribution in [1.29, 1.82) is 0 Å². The van der Waals surface area contributed by atoms with Crippen LogP contribution in [0.5, 0.6) is 5.75 Å². The first kappa shape index (κ1) is 25.7. The Labute approximate surface area is 208 Å². The molecule has 1 aromatic heterocycles. The van der Waals surface area contributed by atoms with Crippen LogP contribution in [0.2, 0.25) is 0 Å². The number of benzene rings is 2. The van der Waals surface area contributed by atoms with Gasteiger partial charge in [-0.25, -0.2) is 10.0 Å². The normalized spacial score (nSPS) is 15.3. The van der Waals surface area contributed by atoms with Gasteiger partial charge in [-0.1, -0.05) is 44.2 Å². The van der Waals surface area contributed by atoms with Crippen LogP contribution in [0.3, 0.4) is 0 Å². The number of anilines is 3. The third-order valence-electron chi connectivity index (χ3n) is 5.92. The topological polar surface area (TPSA) is 62.8 Å². The molecule has 0 spiro atoms. The molecule has 1 saturated heterocycles. The summed E-state index contributed by atoms with van der Waals surface area (Å²) in [6, 6.07) is 18.4. The first-order valence-corrected chi connectivity index (χ1v) is 11.7. The van der Waals surface area contributed by atoms with E-state index in [1.54, 1.807) is 0 Å². The highest BCUT2D eigenvalue weighted by molar-refractivity contribution is 5.85. The van der Waals surface area contributed by atoms with Crippen molar-refractivity contribution < 1.29 is 9.57 Å². The number of aromatic nitrogens is 2. The van der Waals surface area contributed by atoms with Gasteiger partial charge in [-0.05, 0) is 49.8 Å². The number of nitrogens with zero attached hydrogens (tertiary/aromatic N) is 4. The van der Waals surface area contributed by atoms with E-state index in [0.29, 0.717) is 19.2 Å². The maximum Gasteiger partial charge on any atom is 0.229 e. The molecule has 1 N–H and O–H groups in total. The molecule has 0 radical (unpaired) electrons. The predicted molar refractivity (Wildman–Crippen MR) is 139 cm³/mol. The molecule has 4 rings (SSSR count). The van der Waals surface area contributed by atoms with Crippen LogP contribution in [-0.2, 0) is 4.84 Å². The lowest BCUT2D eigenvalue weighted by atomic mass is 10.0. The number of halogens is 1. The zero-order chi connectivity index (χ0) is 23.0. The van der Waals surface area contributed by atoms with Gasteiger partial charge >= 0.3 is 0 Å². The molecule has 8 heteroatoms. The molecule has 0 bridgehead atoms. The van der Waals surface area contributed by atoms with Gasteiger partial charge in [0.1, 0.15) is 12.4 Å². The fraction of sp³-hybridized carbons (Fsp3) is 0.385. The minimum Gasteiger partial charge on any atom is -0.492 e. The van der Waals surface area contributed by atoms with E-state index in [2.05, 4.69) is 53.3 Å². The molecule has 7 nitrogen and oxygen atoms in total. The van der Waals surface area contributed by atoms with E-state index in [1.807, 2.05) is 48.5 Å². The summed E-state index contributed by atoms with van der Waals surface area (Å²) in [6.45, 7) is 10.7. The summed E-state index contributed by atoms with van der Waals surface area (Å²) >= 11 is 0. The summed E-state index contributed by atoms with van der Waals surface area (Å²) in [7, 11) is 0. The fourth-order valence-corrected chi connectivity index (χ4v) is 3.97. The number of nitrogens with one attached hydrogen (secondary N) is 1. The molecule has 3 aromatic rings. The van der Waals surface area contributed by atoms with Crippen LogP contribution in [0, 0.1) is 6.92 Å². The van der Waals surface area contributed by atoms with Gasteiger partial charge in [-0.15, -0.1) is 12.4 Å². The third-order valence-corrected chi connectivity index (χ3v) is 5.92. The van der Waals surface area contributed by atoms with E-state index in [0.717, 1.165) is 48.9 Å². The number of rotatable bonds is 10. The van der Waals surface area contributed by atoms with Crippen molar-refractivity contribution >= 4 is 29.9 Å². The maximum atomic E-state index is 5.97. The smallest absolute Gasteiger partial charge is 0.229 e. The van der Waals surface area contributed by atoms with Crippen molar-refractivity contribution in [3.05, 3.63) is 71.9 Å². The first-order chi connectivity index (χ1) is 16.2. The van der Waals surface area contributed by atoms with E-state index in [9.17, 15) is 0 Å². The van der Waals surface area contributed by atoms with E-state index < -0.39 is 0 Å². The van der Waals surface area contributed by atoms with E-state index >= 15 is 0 Å². The minimum absolute atomic E-state index is 0. The average molecular weight is 484 g/mol. The number of ether oxygens (including phenoxy) is 1. The molecule has 1 atom stereocenters. The second kappa shape index (κ2) is 12.6. The zero-order valence-corrected chi connectivity index (χ0v) is 20.9. The van der Waals surface area contributed by atoms with Gasteiger partial charge in [-0.2, -0.15) is 4.98 Å². The van der Waals surface area contributed by atoms with Gasteiger partial charge < -0.3 is 15.0 Å². The molecule has 1 aliphatic rings. The Hall–Kier alpha value is -2.87. The molecule has 0 aliphatic carbocycles. The Morgan fingerprint density at radius 1 is 1.09 bits per heavy atom. The van der Waals surface area contributed by atoms with Crippen LogP contribution >= 0.6 is 12.4 Å². The van der Waals surface area contributed by atoms with Crippen molar-refractivity contribution in [3.8, 4) is 5.75 Å². The third kappa shape index (κ3) is 6.38. The van der Waals surface area contributed by atoms with E-state index in [4.69, 9.17) is 14.6 Å². The SMILES string of the molecule is CCN(CC)CCOc1ccc(Nc2ncc(C)c(N3OCC[C@H]3c3ccccc3)n2)cc1.Cl. The molecule has 2 heterocycles. The highest BCUT2D eigenvalue weighted by Crippen LogP contribution is 2.35. The molecule has 34 heavy (non-hydrogen) atoms.